The SMILES string of the molecule is CCC(CC)(CO)CN(C)C(=O)c1ncc[nH]c1=O. The van der Waals surface area contributed by atoms with Crippen LogP contribution < -0.4 is 5.56 Å². The topological polar surface area (TPSA) is 86.3 Å². The molecule has 106 valence electrons. The third-order valence-electron chi connectivity index (χ3n) is 3.66. The molecule has 6 heteroatoms. The third kappa shape index (κ3) is 3.41. The van der Waals surface area contributed by atoms with Gasteiger partial charge < -0.3 is 15.0 Å². The smallest absolute Gasteiger partial charge is 0.279 e. The quantitative estimate of drug-likeness (QED) is 0.792. The van der Waals surface area contributed by atoms with E-state index in [2.05, 4.69) is 9.97 Å². The number of nitrogens with zero attached hydrogens (tertiary/aromatic N) is 2. The van der Waals surface area contributed by atoms with Gasteiger partial charge in [-0.25, -0.2) is 4.98 Å². The number of aromatic amines is 1. The standard InChI is InChI=1S/C13H21N3O3/c1-4-13(5-2,9-17)8-16(3)12(19)10-11(18)15-7-6-14-10/h6-7,17H,4-5,8-9H2,1-3H3,(H,15,18). The summed E-state index contributed by atoms with van der Waals surface area (Å²) in [5.41, 5.74) is -0.947. The molecule has 1 amide bonds. The molecule has 2 N–H and O–H groups in total. The number of aliphatic hydroxyl groups is 1. The van der Waals surface area contributed by atoms with E-state index in [9.17, 15) is 14.7 Å². The molecule has 0 aromatic carbocycles. The van der Waals surface area contributed by atoms with Crippen LogP contribution in [0, 0.1) is 5.41 Å². The molecule has 1 heterocycles. The predicted molar refractivity (Wildman–Crippen MR) is 71.9 cm³/mol. The third-order valence-corrected chi connectivity index (χ3v) is 3.66. The first-order valence-corrected chi connectivity index (χ1v) is 6.39. The summed E-state index contributed by atoms with van der Waals surface area (Å²) in [6, 6.07) is 0. The van der Waals surface area contributed by atoms with Crippen molar-refractivity contribution in [2.75, 3.05) is 20.2 Å². The highest BCUT2D eigenvalue weighted by atomic mass is 16.3. The molecule has 0 atom stereocenters. The maximum absolute atomic E-state index is 12.2. The highest BCUT2D eigenvalue weighted by Crippen LogP contribution is 2.26. The fraction of sp³-hybridized carbons (Fsp3) is 0.615. The van der Waals surface area contributed by atoms with Crippen molar-refractivity contribution in [2.45, 2.75) is 26.7 Å². The molecule has 0 aliphatic rings. The van der Waals surface area contributed by atoms with E-state index in [0.717, 1.165) is 12.8 Å². The molecule has 0 unspecified atom stereocenters. The molecule has 0 spiro atoms. The normalized spacial score (nSPS) is 11.4. The van der Waals surface area contributed by atoms with E-state index in [-0.39, 0.29) is 17.7 Å². The van der Waals surface area contributed by atoms with Gasteiger partial charge in [0.05, 0.1) is 6.61 Å². The van der Waals surface area contributed by atoms with Gasteiger partial charge in [0, 0.05) is 31.4 Å². The lowest BCUT2D eigenvalue weighted by molar-refractivity contribution is 0.0539. The van der Waals surface area contributed by atoms with Crippen LogP contribution in [0.4, 0.5) is 0 Å². The molecule has 0 bridgehead atoms. The van der Waals surface area contributed by atoms with Crippen LogP contribution in [0.1, 0.15) is 37.2 Å². The van der Waals surface area contributed by atoms with Gasteiger partial charge in [0.15, 0.2) is 5.69 Å². The van der Waals surface area contributed by atoms with Crippen LogP contribution in [0.25, 0.3) is 0 Å². The number of nitrogens with one attached hydrogen (secondary N) is 1. The molecule has 6 nitrogen and oxygen atoms in total. The summed E-state index contributed by atoms with van der Waals surface area (Å²) in [6.07, 6.45) is 4.28. The summed E-state index contributed by atoms with van der Waals surface area (Å²) in [5, 5.41) is 9.51. The van der Waals surface area contributed by atoms with Gasteiger partial charge in [-0.15, -0.1) is 0 Å². The van der Waals surface area contributed by atoms with E-state index < -0.39 is 11.5 Å². The molecule has 0 saturated carbocycles. The molecule has 0 radical (unpaired) electrons. The number of carbonyl (C=O) groups is 1. The maximum Gasteiger partial charge on any atom is 0.279 e. The average molecular weight is 267 g/mol. The van der Waals surface area contributed by atoms with E-state index in [1.54, 1.807) is 7.05 Å². The minimum absolute atomic E-state index is 0.0101. The van der Waals surface area contributed by atoms with Crippen LogP contribution in [-0.2, 0) is 0 Å². The van der Waals surface area contributed by atoms with Gasteiger partial charge in [0.25, 0.3) is 11.5 Å². The van der Waals surface area contributed by atoms with E-state index in [4.69, 9.17) is 0 Å². The molecule has 0 saturated heterocycles. The Morgan fingerprint density at radius 1 is 1.47 bits per heavy atom. The van der Waals surface area contributed by atoms with Crippen molar-refractivity contribution < 1.29 is 9.90 Å². The molecule has 19 heavy (non-hydrogen) atoms. The minimum Gasteiger partial charge on any atom is -0.396 e. The number of aliphatic hydroxyl groups excluding tert-OH is 1. The zero-order valence-corrected chi connectivity index (χ0v) is 11.6. The minimum atomic E-state index is -0.498. The monoisotopic (exact) mass is 267 g/mol. The molecular formula is C13H21N3O3. The molecule has 1 rings (SSSR count). The van der Waals surface area contributed by atoms with Crippen molar-refractivity contribution in [2.24, 2.45) is 5.41 Å². The van der Waals surface area contributed by atoms with Crippen LogP contribution in [0.3, 0.4) is 0 Å². The first-order valence-electron chi connectivity index (χ1n) is 6.39. The van der Waals surface area contributed by atoms with E-state index in [0.29, 0.717) is 6.54 Å². The molecular weight excluding hydrogens is 246 g/mol. The van der Waals surface area contributed by atoms with Crippen molar-refractivity contribution in [3.05, 3.63) is 28.4 Å². The van der Waals surface area contributed by atoms with Crippen molar-refractivity contribution in [1.29, 1.82) is 0 Å². The Morgan fingerprint density at radius 2 is 2.11 bits per heavy atom. The van der Waals surface area contributed by atoms with Gasteiger partial charge in [-0.2, -0.15) is 0 Å². The summed E-state index contributed by atoms with van der Waals surface area (Å²) in [5.74, 6) is -0.429. The highest BCUT2D eigenvalue weighted by molar-refractivity contribution is 5.91. The first kappa shape index (κ1) is 15.4. The summed E-state index contributed by atoms with van der Waals surface area (Å²) in [6.45, 7) is 4.36. The van der Waals surface area contributed by atoms with Gasteiger partial charge in [-0.05, 0) is 12.8 Å². The number of H-pyrrole nitrogens is 1. The average Bonchev–Trinajstić information content (AvgIpc) is 2.44. The number of rotatable bonds is 6. The Morgan fingerprint density at radius 3 is 2.58 bits per heavy atom. The van der Waals surface area contributed by atoms with Gasteiger partial charge in [0.2, 0.25) is 0 Å². The fourth-order valence-corrected chi connectivity index (χ4v) is 2.01. The second kappa shape index (κ2) is 6.47. The second-order valence-electron chi connectivity index (χ2n) is 4.79. The van der Waals surface area contributed by atoms with Crippen molar-refractivity contribution in [1.82, 2.24) is 14.9 Å². The summed E-state index contributed by atoms with van der Waals surface area (Å²) < 4.78 is 0. The number of aromatic nitrogens is 2. The van der Waals surface area contributed by atoms with Gasteiger partial charge in [-0.3, -0.25) is 9.59 Å². The molecule has 1 aromatic heterocycles. The second-order valence-corrected chi connectivity index (χ2v) is 4.79. The number of carbonyl (C=O) groups excluding carboxylic acids is 1. The zero-order chi connectivity index (χ0) is 14.5. The van der Waals surface area contributed by atoms with Crippen LogP contribution in [-0.4, -0.2) is 46.1 Å². The Labute approximate surface area is 112 Å². The van der Waals surface area contributed by atoms with Gasteiger partial charge in [0.1, 0.15) is 0 Å². The molecule has 0 fully saturated rings. The van der Waals surface area contributed by atoms with Crippen LogP contribution in [0.5, 0.6) is 0 Å². The highest BCUT2D eigenvalue weighted by Gasteiger charge is 2.29. The van der Waals surface area contributed by atoms with Crippen LogP contribution in [0.2, 0.25) is 0 Å². The molecule has 0 aliphatic carbocycles. The Kier molecular flexibility index (Phi) is 5.23. The Balaban J connectivity index is 2.90. The first-order chi connectivity index (χ1) is 8.99. The lowest BCUT2D eigenvalue weighted by atomic mass is 9.83. The van der Waals surface area contributed by atoms with E-state index >= 15 is 0 Å². The lowest BCUT2D eigenvalue weighted by Gasteiger charge is -2.33. The van der Waals surface area contributed by atoms with Gasteiger partial charge in [-0.1, -0.05) is 13.8 Å². The summed E-state index contributed by atoms with van der Waals surface area (Å²) in [7, 11) is 1.62. The largest absolute Gasteiger partial charge is 0.396 e. The van der Waals surface area contributed by atoms with Crippen molar-refractivity contribution in [3.8, 4) is 0 Å². The van der Waals surface area contributed by atoms with Crippen molar-refractivity contribution >= 4 is 5.91 Å². The van der Waals surface area contributed by atoms with Crippen LogP contribution in [0.15, 0.2) is 17.2 Å². The maximum atomic E-state index is 12.2. The number of hydrogen-bond acceptors (Lipinski definition) is 4. The fourth-order valence-electron chi connectivity index (χ4n) is 2.01. The molecule has 0 aliphatic heterocycles. The van der Waals surface area contributed by atoms with E-state index in [1.807, 2.05) is 13.8 Å². The van der Waals surface area contributed by atoms with Gasteiger partial charge >= 0.3 is 0 Å². The zero-order valence-electron chi connectivity index (χ0n) is 11.6. The summed E-state index contributed by atoms with van der Waals surface area (Å²) >= 11 is 0. The van der Waals surface area contributed by atoms with E-state index in [1.165, 1.54) is 17.3 Å². The van der Waals surface area contributed by atoms with Crippen molar-refractivity contribution in [3.63, 3.8) is 0 Å². The summed E-state index contributed by atoms with van der Waals surface area (Å²) in [4.78, 5) is 31.4. The molecule has 1 aromatic rings. The number of amides is 1. The Bertz CT molecular complexity index is 472. The lowest BCUT2D eigenvalue weighted by Crippen LogP contribution is -2.42. The Hall–Kier alpha value is -1.69. The number of hydrogen-bond donors (Lipinski definition) is 2. The predicted octanol–water partition coefficient (Wildman–Crippen LogP) is 0.641. The van der Waals surface area contributed by atoms with Crippen LogP contribution >= 0.6 is 0 Å².